The van der Waals surface area contributed by atoms with E-state index < -0.39 is 5.97 Å². The van der Waals surface area contributed by atoms with E-state index in [2.05, 4.69) is 15.5 Å². The highest BCUT2D eigenvalue weighted by Gasteiger charge is 2.25. The lowest BCUT2D eigenvalue weighted by Gasteiger charge is -2.10. The van der Waals surface area contributed by atoms with E-state index in [0.29, 0.717) is 15.7 Å². The molecule has 30 heavy (non-hydrogen) atoms. The number of benzene rings is 1. The molecule has 0 saturated carbocycles. The van der Waals surface area contributed by atoms with Gasteiger partial charge in [0.05, 0.1) is 12.4 Å². The third kappa shape index (κ3) is 4.91. The van der Waals surface area contributed by atoms with Gasteiger partial charge in [-0.3, -0.25) is 4.79 Å². The molecule has 1 N–H and O–H groups in total. The van der Waals surface area contributed by atoms with Crippen molar-refractivity contribution >= 4 is 40.0 Å². The van der Waals surface area contributed by atoms with Crippen LogP contribution in [0.25, 0.3) is 11.1 Å². The highest BCUT2D eigenvalue weighted by atomic mass is 32.2. The molecule has 0 spiro atoms. The van der Waals surface area contributed by atoms with Crippen molar-refractivity contribution in [1.82, 2.24) is 14.8 Å². The molecule has 0 atom stereocenters. The fraction of sp³-hybridized carbons (Fsp3) is 0.333. The van der Waals surface area contributed by atoms with Gasteiger partial charge in [-0.15, -0.1) is 21.5 Å². The standard InChI is InChI=1S/C21H24N4O3S2/c1-5-28-20(27)18-17(15-9-7-6-8-10-15)14(4)30-19(18)23-16(26)11-29-21-24-22-12-25(21)13(2)3/h6-10,12-13H,5,11H2,1-4H3,(H,23,26). The summed E-state index contributed by atoms with van der Waals surface area (Å²) in [5.74, 6) is -0.501. The van der Waals surface area contributed by atoms with Gasteiger partial charge in [0.2, 0.25) is 5.91 Å². The summed E-state index contributed by atoms with van der Waals surface area (Å²) in [6, 6.07) is 9.85. The number of esters is 1. The van der Waals surface area contributed by atoms with Gasteiger partial charge in [0.15, 0.2) is 5.16 Å². The SMILES string of the molecule is CCOC(=O)c1c(NC(=O)CSc2nncn2C(C)C)sc(C)c1-c1ccccc1. The second kappa shape index (κ2) is 9.90. The Hall–Kier alpha value is -2.65. The molecular formula is C21H24N4O3S2. The van der Waals surface area contributed by atoms with E-state index in [0.717, 1.165) is 16.0 Å². The molecule has 0 fully saturated rings. The molecule has 3 rings (SSSR count). The molecule has 7 nitrogen and oxygen atoms in total. The minimum Gasteiger partial charge on any atom is -0.462 e. The Balaban J connectivity index is 1.83. The van der Waals surface area contributed by atoms with Crippen molar-refractivity contribution in [2.45, 2.75) is 38.9 Å². The molecule has 2 aromatic heterocycles. The Bertz CT molecular complexity index is 1030. The van der Waals surface area contributed by atoms with Crippen LogP contribution in [-0.2, 0) is 9.53 Å². The van der Waals surface area contributed by atoms with Crippen LogP contribution in [0.15, 0.2) is 41.8 Å². The fourth-order valence-electron chi connectivity index (χ4n) is 2.97. The van der Waals surface area contributed by atoms with E-state index in [1.54, 1.807) is 13.3 Å². The van der Waals surface area contributed by atoms with Crippen LogP contribution in [-0.4, -0.2) is 39.0 Å². The molecule has 0 radical (unpaired) electrons. The van der Waals surface area contributed by atoms with E-state index in [-0.39, 0.29) is 24.3 Å². The number of carbonyl (C=O) groups is 2. The molecule has 0 unspecified atom stereocenters. The first-order valence-corrected chi connectivity index (χ1v) is 11.4. The number of amides is 1. The lowest BCUT2D eigenvalue weighted by molar-refractivity contribution is -0.113. The second-order valence-corrected chi connectivity index (χ2v) is 8.94. The number of nitrogens with one attached hydrogen (secondary N) is 1. The maximum atomic E-state index is 12.7. The number of nitrogens with zero attached hydrogens (tertiary/aromatic N) is 3. The van der Waals surface area contributed by atoms with Crippen LogP contribution in [0, 0.1) is 6.92 Å². The number of aryl methyl sites for hydroxylation is 1. The third-order valence-corrected chi connectivity index (χ3v) is 6.29. The van der Waals surface area contributed by atoms with Crippen molar-refractivity contribution in [2.75, 3.05) is 17.7 Å². The first-order valence-electron chi connectivity index (χ1n) is 9.60. The number of ether oxygens (including phenoxy) is 1. The van der Waals surface area contributed by atoms with Crippen molar-refractivity contribution in [2.24, 2.45) is 0 Å². The predicted octanol–water partition coefficient (Wildman–Crippen LogP) is 4.80. The monoisotopic (exact) mass is 444 g/mol. The Kier molecular flexibility index (Phi) is 7.28. The van der Waals surface area contributed by atoms with Gasteiger partial charge in [-0.05, 0) is 33.3 Å². The summed E-state index contributed by atoms with van der Waals surface area (Å²) in [5.41, 5.74) is 2.10. The molecule has 3 aromatic rings. The lowest BCUT2D eigenvalue weighted by atomic mass is 10.0. The summed E-state index contributed by atoms with van der Waals surface area (Å²) in [4.78, 5) is 26.3. The topological polar surface area (TPSA) is 86.1 Å². The Morgan fingerprint density at radius 2 is 2.00 bits per heavy atom. The summed E-state index contributed by atoms with van der Waals surface area (Å²) in [6.45, 7) is 8.01. The van der Waals surface area contributed by atoms with Gasteiger partial charge < -0.3 is 14.6 Å². The van der Waals surface area contributed by atoms with E-state index in [1.807, 2.05) is 55.7 Å². The lowest BCUT2D eigenvalue weighted by Crippen LogP contribution is -2.17. The number of carbonyl (C=O) groups excluding carboxylic acids is 2. The van der Waals surface area contributed by atoms with Crippen molar-refractivity contribution in [3.8, 4) is 11.1 Å². The molecule has 1 amide bonds. The van der Waals surface area contributed by atoms with Gasteiger partial charge in [0.25, 0.3) is 0 Å². The Morgan fingerprint density at radius 3 is 2.67 bits per heavy atom. The summed E-state index contributed by atoms with van der Waals surface area (Å²) in [7, 11) is 0. The molecule has 9 heteroatoms. The van der Waals surface area contributed by atoms with Crippen LogP contribution in [0.2, 0.25) is 0 Å². The van der Waals surface area contributed by atoms with Gasteiger partial charge >= 0.3 is 5.97 Å². The van der Waals surface area contributed by atoms with Crippen molar-refractivity contribution in [3.63, 3.8) is 0 Å². The summed E-state index contributed by atoms with van der Waals surface area (Å²) >= 11 is 2.68. The van der Waals surface area contributed by atoms with Gasteiger partial charge in [-0.25, -0.2) is 4.79 Å². The van der Waals surface area contributed by atoms with Crippen molar-refractivity contribution < 1.29 is 14.3 Å². The largest absolute Gasteiger partial charge is 0.462 e. The number of hydrogen-bond donors (Lipinski definition) is 1. The number of anilines is 1. The van der Waals surface area contributed by atoms with Crippen LogP contribution in [0.3, 0.4) is 0 Å². The first kappa shape index (κ1) is 22.0. The number of hydrogen-bond acceptors (Lipinski definition) is 7. The first-order chi connectivity index (χ1) is 14.4. The molecule has 0 aliphatic rings. The summed E-state index contributed by atoms with van der Waals surface area (Å²) in [6.07, 6.45) is 1.65. The van der Waals surface area contributed by atoms with Crippen molar-refractivity contribution in [1.29, 1.82) is 0 Å². The van der Waals surface area contributed by atoms with E-state index in [1.165, 1.54) is 23.1 Å². The molecule has 0 aliphatic carbocycles. The van der Waals surface area contributed by atoms with Gasteiger partial charge in [-0.1, -0.05) is 42.1 Å². The zero-order valence-electron chi connectivity index (χ0n) is 17.3. The molecule has 0 aliphatic heterocycles. The maximum absolute atomic E-state index is 12.7. The van der Waals surface area contributed by atoms with Crippen LogP contribution in [0.5, 0.6) is 0 Å². The van der Waals surface area contributed by atoms with Crippen LogP contribution >= 0.6 is 23.1 Å². The molecule has 158 valence electrons. The van der Waals surface area contributed by atoms with E-state index in [4.69, 9.17) is 4.74 Å². The average Bonchev–Trinajstić information content (AvgIpc) is 3.31. The normalized spacial score (nSPS) is 11.0. The molecule has 0 bridgehead atoms. The average molecular weight is 445 g/mol. The minimum atomic E-state index is -0.441. The minimum absolute atomic E-state index is 0.158. The number of aromatic nitrogens is 3. The predicted molar refractivity (Wildman–Crippen MR) is 120 cm³/mol. The summed E-state index contributed by atoms with van der Waals surface area (Å²) < 4.78 is 7.18. The number of thiophene rings is 1. The van der Waals surface area contributed by atoms with E-state index >= 15 is 0 Å². The van der Waals surface area contributed by atoms with Crippen LogP contribution < -0.4 is 5.32 Å². The van der Waals surface area contributed by atoms with Crippen LogP contribution in [0.1, 0.15) is 42.0 Å². The number of rotatable bonds is 8. The quantitative estimate of drug-likeness (QED) is 0.397. The molecule has 2 heterocycles. The highest BCUT2D eigenvalue weighted by Crippen LogP contribution is 2.40. The zero-order valence-corrected chi connectivity index (χ0v) is 19.0. The summed E-state index contributed by atoms with van der Waals surface area (Å²) in [5, 5.41) is 12.1. The second-order valence-electron chi connectivity index (χ2n) is 6.78. The molecular weight excluding hydrogens is 420 g/mol. The maximum Gasteiger partial charge on any atom is 0.341 e. The van der Waals surface area contributed by atoms with Gasteiger partial charge in [0, 0.05) is 16.5 Å². The number of thioether (sulfide) groups is 1. The van der Waals surface area contributed by atoms with Gasteiger partial charge in [-0.2, -0.15) is 0 Å². The van der Waals surface area contributed by atoms with Gasteiger partial charge in [0.1, 0.15) is 16.9 Å². The molecule has 0 saturated heterocycles. The van der Waals surface area contributed by atoms with Crippen molar-refractivity contribution in [3.05, 3.63) is 47.1 Å². The van der Waals surface area contributed by atoms with E-state index in [9.17, 15) is 9.59 Å². The Labute approximate surface area is 183 Å². The highest BCUT2D eigenvalue weighted by molar-refractivity contribution is 7.99. The smallest absolute Gasteiger partial charge is 0.341 e. The zero-order chi connectivity index (χ0) is 21.7. The Morgan fingerprint density at radius 1 is 1.27 bits per heavy atom. The van der Waals surface area contributed by atoms with Crippen LogP contribution in [0.4, 0.5) is 5.00 Å². The molecule has 1 aromatic carbocycles. The fourth-order valence-corrected chi connectivity index (χ4v) is 4.89. The third-order valence-electron chi connectivity index (χ3n) is 4.31.